The maximum atomic E-state index is 5.52. The van der Waals surface area contributed by atoms with Crippen molar-refractivity contribution in [3.8, 4) is 5.75 Å². The zero-order valence-corrected chi connectivity index (χ0v) is 16.1. The first-order valence-corrected chi connectivity index (χ1v) is 9.01. The Bertz CT molecular complexity index is 601. The lowest BCUT2D eigenvalue weighted by atomic mass is 10.1. The Balaban J connectivity index is 2.01. The predicted octanol–water partition coefficient (Wildman–Crippen LogP) is 2.13. The third kappa shape index (κ3) is 6.26. The molecule has 1 aromatic rings. The number of thiocarbonyl (C=S) groups is 1. The van der Waals surface area contributed by atoms with Crippen LogP contribution in [-0.4, -0.2) is 56.2 Å². The largest absolute Gasteiger partial charge is 0.496 e. The quantitative estimate of drug-likeness (QED) is 0.319. The molecule has 1 fully saturated rings. The number of hydrogen-bond acceptors (Lipinski definition) is 5. The third-order valence-electron chi connectivity index (χ3n) is 4.21. The molecule has 7 heteroatoms. The fraction of sp³-hybridized carbons (Fsp3) is 0.556. The van der Waals surface area contributed by atoms with Crippen LogP contribution in [0.2, 0.25) is 0 Å². The minimum atomic E-state index is 0.488. The molecule has 0 aliphatic carbocycles. The van der Waals surface area contributed by atoms with Crippen LogP contribution in [0.5, 0.6) is 5.75 Å². The summed E-state index contributed by atoms with van der Waals surface area (Å²) in [7, 11) is 3.37. The van der Waals surface area contributed by atoms with Gasteiger partial charge >= 0.3 is 0 Å². The van der Waals surface area contributed by atoms with E-state index in [-0.39, 0.29) is 0 Å². The molecule has 1 aliphatic heterocycles. The molecule has 1 heterocycles. The van der Waals surface area contributed by atoms with Gasteiger partial charge < -0.3 is 14.8 Å². The van der Waals surface area contributed by atoms with Crippen LogP contribution in [0.15, 0.2) is 23.3 Å². The fourth-order valence-corrected chi connectivity index (χ4v) is 2.96. The highest BCUT2D eigenvalue weighted by Crippen LogP contribution is 2.23. The summed E-state index contributed by atoms with van der Waals surface area (Å²) in [6.07, 6.45) is 2.56. The maximum absolute atomic E-state index is 5.52. The highest BCUT2D eigenvalue weighted by molar-refractivity contribution is 7.80. The van der Waals surface area contributed by atoms with Crippen molar-refractivity contribution >= 4 is 23.0 Å². The Labute approximate surface area is 155 Å². The molecule has 0 bridgehead atoms. The number of nitrogens with one attached hydrogen (secondary N) is 2. The van der Waals surface area contributed by atoms with E-state index in [4.69, 9.17) is 21.7 Å². The zero-order valence-electron chi connectivity index (χ0n) is 15.3. The molecule has 0 spiro atoms. The molecule has 1 aromatic carbocycles. The molecular formula is C18H28N4O2S. The molecule has 138 valence electrons. The number of benzene rings is 1. The number of ether oxygens (including phenoxy) is 2. The highest BCUT2D eigenvalue weighted by Gasteiger charge is 2.15. The topological polar surface area (TPSA) is 58.1 Å². The van der Waals surface area contributed by atoms with Gasteiger partial charge in [0.2, 0.25) is 0 Å². The molecule has 6 nitrogen and oxygen atoms in total. The summed E-state index contributed by atoms with van der Waals surface area (Å²) in [5.74, 6) is 0.924. The van der Waals surface area contributed by atoms with Gasteiger partial charge in [-0.3, -0.25) is 10.3 Å². The van der Waals surface area contributed by atoms with Crippen molar-refractivity contribution in [3.63, 3.8) is 0 Å². The van der Waals surface area contributed by atoms with Crippen molar-refractivity contribution in [2.45, 2.75) is 26.3 Å². The lowest BCUT2D eigenvalue weighted by Crippen LogP contribution is -2.34. The number of likely N-dealkylation sites (tertiary alicyclic amines) is 1. The first-order valence-electron chi connectivity index (χ1n) is 8.60. The van der Waals surface area contributed by atoms with Gasteiger partial charge in [0.05, 0.1) is 19.4 Å². The zero-order chi connectivity index (χ0) is 18.1. The number of rotatable bonds is 8. The van der Waals surface area contributed by atoms with Gasteiger partial charge in [0.15, 0.2) is 5.11 Å². The fourth-order valence-electron chi connectivity index (χ4n) is 2.81. The summed E-state index contributed by atoms with van der Waals surface area (Å²) in [5, 5.41) is 7.89. The first-order chi connectivity index (χ1) is 12.1. The lowest BCUT2D eigenvalue weighted by Gasteiger charge is -2.18. The van der Waals surface area contributed by atoms with Gasteiger partial charge in [-0.25, -0.2) is 0 Å². The average Bonchev–Trinajstić information content (AvgIpc) is 3.13. The van der Waals surface area contributed by atoms with Gasteiger partial charge in [-0.1, -0.05) is 0 Å². The molecule has 1 aliphatic rings. The molecule has 2 N–H and O–H groups in total. The van der Waals surface area contributed by atoms with E-state index in [0.29, 0.717) is 18.3 Å². The number of methoxy groups -OCH3 is 2. The van der Waals surface area contributed by atoms with E-state index in [9.17, 15) is 0 Å². The van der Waals surface area contributed by atoms with Crippen molar-refractivity contribution in [2.75, 3.05) is 40.5 Å². The van der Waals surface area contributed by atoms with E-state index in [1.54, 1.807) is 14.2 Å². The van der Waals surface area contributed by atoms with Crippen LogP contribution in [0.4, 0.5) is 0 Å². The molecule has 0 atom stereocenters. The third-order valence-corrected chi connectivity index (χ3v) is 4.44. The van der Waals surface area contributed by atoms with Crippen LogP contribution < -0.4 is 15.5 Å². The summed E-state index contributed by atoms with van der Waals surface area (Å²) in [6, 6.07) is 6.18. The molecule has 25 heavy (non-hydrogen) atoms. The van der Waals surface area contributed by atoms with Crippen LogP contribution in [0.1, 0.15) is 30.9 Å². The van der Waals surface area contributed by atoms with E-state index < -0.39 is 0 Å². The lowest BCUT2D eigenvalue weighted by molar-refractivity contribution is 0.204. The maximum Gasteiger partial charge on any atom is 0.187 e. The smallest absolute Gasteiger partial charge is 0.187 e. The molecule has 1 saturated heterocycles. The Morgan fingerprint density at radius 1 is 1.28 bits per heavy atom. The minimum Gasteiger partial charge on any atom is -0.496 e. The first kappa shape index (κ1) is 19.6. The van der Waals surface area contributed by atoms with Crippen LogP contribution >= 0.6 is 12.2 Å². The number of nitrogens with zero attached hydrogens (tertiary/aromatic N) is 2. The van der Waals surface area contributed by atoms with Gasteiger partial charge in [-0.2, -0.15) is 5.10 Å². The normalized spacial score (nSPS) is 15.2. The Kier molecular flexibility index (Phi) is 8.11. The standard InChI is InChI=1S/C18H28N4O2S/c1-14(20-21-18(25)19-8-11-23-2)15-6-7-17(24-3)16(12-15)13-22-9-4-5-10-22/h6-7,12H,4-5,8-11,13H2,1-3H3,(H2,19,21,25)/b20-14-. The van der Waals surface area contributed by atoms with E-state index in [1.807, 2.05) is 19.1 Å². The summed E-state index contributed by atoms with van der Waals surface area (Å²) in [5.41, 5.74) is 6.00. The molecule has 0 radical (unpaired) electrons. The monoisotopic (exact) mass is 364 g/mol. The summed E-state index contributed by atoms with van der Waals surface area (Å²) < 4.78 is 10.5. The van der Waals surface area contributed by atoms with Crippen molar-refractivity contribution in [2.24, 2.45) is 5.10 Å². The molecule has 2 rings (SSSR count). The minimum absolute atomic E-state index is 0.488. The van der Waals surface area contributed by atoms with Gasteiger partial charge in [-0.05, 0) is 68.8 Å². The van der Waals surface area contributed by atoms with E-state index in [1.165, 1.54) is 18.4 Å². The SMILES string of the molecule is COCCNC(=S)N/N=C(/C)c1ccc(OC)c(CN2CCCC2)c1. The van der Waals surface area contributed by atoms with Crippen molar-refractivity contribution in [1.82, 2.24) is 15.6 Å². The van der Waals surface area contributed by atoms with Gasteiger partial charge in [0.1, 0.15) is 5.75 Å². The highest BCUT2D eigenvalue weighted by atomic mass is 32.1. The molecular weight excluding hydrogens is 336 g/mol. The van der Waals surface area contributed by atoms with Crippen molar-refractivity contribution in [3.05, 3.63) is 29.3 Å². The molecule has 0 unspecified atom stereocenters. The number of hydrazone groups is 1. The van der Waals surface area contributed by atoms with Crippen LogP contribution in [0, 0.1) is 0 Å². The van der Waals surface area contributed by atoms with Gasteiger partial charge in [0.25, 0.3) is 0 Å². The van der Waals surface area contributed by atoms with Crippen LogP contribution in [0.3, 0.4) is 0 Å². The van der Waals surface area contributed by atoms with Gasteiger partial charge in [0, 0.05) is 25.8 Å². The average molecular weight is 365 g/mol. The Hall–Kier alpha value is -1.70. The Morgan fingerprint density at radius 3 is 2.72 bits per heavy atom. The van der Waals surface area contributed by atoms with E-state index in [0.717, 1.165) is 36.7 Å². The van der Waals surface area contributed by atoms with Crippen LogP contribution in [-0.2, 0) is 11.3 Å². The summed E-state index contributed by atoms with van der Waals surface area (Å²) >= 11 is 5.18. The molecule has 0 amide bonds. The van der Waals surface area contributed by atoms with Gasteiger partial charge in [-0.15, -0.1) is 0 Å². The predicted molar refractivity (Wildman–Crippen MR) is 105 cm³/mol. The van der Waals surface area contributed by atoms with Crippen LogP contribution in [0.25, 0.3) is 0 Å². The van der Waals surface area contributed by atoms with Crippen molar-refractivity contribution < 1.29 is 9.47 Å². The summed E-state index contributed by atoms with van der Waals surface area (Å²) in [4.78, 5) is 2.46. The molecule has 0 saturated carbocycles. The second kappa shape index (κ2) is 10.3. The van der Waals surface area contributed by atoms with E-state index >= 15 is 0 Å². The Morgan fingerprint density at radius 2 is 2.04 bits per heavy atom. The van der Waals surface area contributed by atoms with E-state index in [2.05, 4.69) is 26.8 Å². The number of hydrogen-bond donors (Lipinski definition) is 2. The molecule has 0 aromatic heterocycles. The second-order valence-electron chi connectivity index (χ2n) is 6.07. The second-order valence-corrected chi connectivity index (χ2v) is 6.48. The summed E-state index contributed by atoms with van der Waals surface area (Å²) in [6.45, 7) is 6.44. The van der Waals surface area contributed by atoms with Crippen molar-refractivity contribution in [1.29, 1.82) is 0 Å².